The summed E-state index contributed by atoms with van der Waals surface area (Å²) >= 11 is 0. The van der Waals surface area contributed by atoms with E-state index in [4.69, 9.17) is 0 Å². The van der Waals surface area contributed by atoms with Crippen LogP contribution < -0.4 is 10.2 Å². The van der Waals surface area contributed by atoms with Gasteiger partial charge in [0.05, 0.1) is 24.0 Å². The maximum absolute atomic E-state index is 13.9. The Kier molecular flexibility index (Phi) is 6.43. The number of ether oxygens (including phenoxy) is 1. The van der Waals surface area contributed by atoms with E-state index in [1.54, 1.807) is 24.3 Å². The van der Waals surface area contributed by atoms with E-state index in [1.165, 1.54) is 43.2 Å². The molecule has 1 N–H and O–H groups in total. The number of halogens is 1. The van der Waals surface area contributed by atoms with Gasteiger partial charge < -0.3 is 15.0 Å². The summed E-state index contributed by atoms with van der Waals surface area (Å²) < 4.78 is 18.6. The van der Waals surface area contributed by atoms with Crippen molar-refractivity contribution in [1.82, 2.24) is 0 Å². The molecule has 0 aromatic heterocycles. The van der Waals surface area contributed by atoms with Crippen LogP contribution in [0.3, 0.4) is 0 Å². The zero-order chi connectivity index (χ0) is 19.1. The fourth-order valence-electron chi connectivity index (χ4n) is 2.42. The van der Waals surface area contributed by atoms with E-state index >= 15 is 0 Å². The molecule has 0 heterocycles. The lowest BCUT2D eigenvalue weighted by Gasteiger charge is -2.21. The lowest BCUT2D eigenvalue weighted by Crippen LogP contribution is -2.32. The van der Waals surface area contributed by atoms with E-state index in [9.17, 15) is 18.8 Å². The summed E-state index contributed by atoms with van der Waals surface area (Å²) in [5.74, 6) is -1.90. The van der Waals surface area contributed by atoms with Gasteiger partial charge in [-0.2, -0.15) is 0 Å². The zero-order valence-electron chi connectivity index (χ0n) is 14.5. The third-order valence-electron chi connectivity index (χ3n) is 3.69. The number of para-hydroxylation sites is 2. The number of nitrogens with one attached hydrogen (secondary N) is 1. The Hall–Kier alpha value is -3.22. The molecule has 0 saturated heterocycles. The van der Waals surface area contributed by atoms with Gasteiger partial charge >= 0.3 is 5.97 Å². The summed E-state index contributed by atoms with van der Waals surface area (Å²) in [5.41, 5.74) is 0.647. The molecule has 2 amide bonds. The number of esters is 1. The van der Waals surface area contributed by atoms with Gasteiger partial charge in [-0.05, 0) is 24.3 Å². The normalized spacial score (nSPS) is 10.1. The Labute approximate surface area is 150 Å². The highest BCUT2D eigenvalue weighted by atomic mass is 19.1. The average Bonchev–Trinajstić information content (AvgIpc) is 2.63. The second-order valence-electron chi connectivity index (χ2n) is 5.46. The standard InChI is InChI=1S/C19H19FN2O4/c1-13(23)22(17-10-6-4-8-15(17)20)12-11-18(24)21-16-9-5-3-7-14(16)19(25)26-2/h3-10H,11-12H2,1-2H3,(H,21,24). The minimum absolute atomic E-state index is 0.00247. The van der Waals surface area contributed by atoms with Crippen LogP contribution in [-0.4, -0.2) is 31.4 Å². The van der Waals surface area contributed by atoms with Crippen molar-refractivity contribution in [3.05, 3.63) is 59.9 Å². The second-order valence-corrected chi connectivity index (χ2v) is 5.46. The molecule has 2 rings (SSSR count). The van der Waals surface area contributed by atoms with Crippen molar-refractivity contribution >= 4 is 29.2 Å². The predicted octanol–water partition coefficient (Wildman–Crippen LogP) is 2.99. The summed E-state index contributed by atoms with van der Waals surface area (Å²) in [6, 6.07) is 12.3. The van der Waals surface area contributed by atoms with Crippen molar-refractivity contribution in [2.75, 3.05) is 23.9 Å². The summed E-state index contributed by atoms with van der Waals surface area (Å²) in [4.78, 5) is 37.0. The van der Waals surface area contributed by atoms with Crippen molar-refractivity contribution in [1.29, 1.82) is 0 Å². The van der Waals surface area contributed by atoms with Crippen LogP contribution in [0.15, 0.2) is 48.5 Å². The van der Waals surface area contributed by atoms with Crippen LogP contribution in [-0.2, 0) is 14.3 Å². The number of hydrogen-bond donors (Lipinski definition) is 1. The summed E-state index contributed by atoms with van der Waals surface area (Å²) in [5, 5.41) is 2.61. The number of benzene rings is 2. The zero-order valence-corrected chi connectivity index (χ0v) is 14.5. The number of carbonyl (C=O) groups excluding carboxylic acids is 3. The molecule has 26 heavy (non-hydrogen) atoms. The first-order valence-corrected chi connectivity index (χ1v) is 7.94. The maximum atomic E-state index is 13.9. The molecular weight excluding hydrogens is 339 g/mol. The molecule has 0 spiro atoms. The first-order valence-electron chi connectivity index (χ1n) is 7.94. The number of rotatable bonds is 6. The molecule has 6 nitrogen and oxygen atoms in total. The van der Waals surface area contributed by atoms with Crippen molar-refractivity contribution in [2.45, 2.75) is 13.3 Å². The van der Waals surface area contributed by atoms with Crippen LogP contribution in [0.25, 0.3) is 0 Å². The maximum Gasteiger partial charge on any atom is 0.339 e. The van der Waals surface area contributed by atoms with Gasteiger partial charge in [-0.1, -0.05) is 24.3 Å². The summed E-state index contributed by atoms with van der Waals surface area (Å²) in [6.45, 7) is 1.30. The molecule has 136 valence electrons. The van der Waals surface area contributed by atoms with Gasteiger partial charge in [0.1, 0.15) is 5.82 Å². The van der Waals surface area contributed by atoms with E-state index in [-0.39, 0.29) is 30.1 Å². The highest BCUT2D eigenvalue weighted by Gasteiger charge is 2.18. The fraction of sp³-hybridized carbons (Fsp3) is 0.211. The molecule has 7 heteroatoms. The lowest BCUT2D eigenvalue weighted by molar-refractivity contribution is -0.117. The van der Waals surface area contributed by atoms with E-state index in [1.807, 2.05) is 0 Å². The largest absolute Gasteiger partial charge is 0.465 e. The smallest absolute Gasteiger partial charge is 0.339 e. The Morgan fingerprint density at radius 2 is 1.73 bits per heavy atom. The monoisotopic (exact) mass is 358 g/mol. The van der Waals surface area contributed by atoms with Crippen molar-refractivity contribution < 1.29 is 23.5 Å². The topological polar surface area (TPSA) is 75.7 Å². The first-order chi connectivity index (χ1) is 12.4. The number of methoxy groups -OCH3 is 1. The summed E-state index contributed by atoms with van der Waals surface area (Å²) in [7, 11) is 1.25. The highest BCUT2D eigenvalue weighted by Crippen LogP contribution is 2.20. The quantitative estimate of drug-likeness (QED) is 0.806. The van der Waals surface area contributed by atoms with Crippen LogP contribution in [0.1, 0.15) is 23.7 Å². The van der Waals surface area contributed by atoms with Gasteiger partial charge in [0.15, 0.2) is 0 Å². The molecule has 0 saturated carbocycles. The van der Waals surface area contributed by atoms with E-state index in [0.29, 0.717) is 5.69 Å². The van der Waals surface area contributed by atoms with Gasteiger partial charge in [0.25, 0.3) is 0 Å². The number of amides is 2. The molecule has 2 aromatic rings. The molecule has 0 fully saturated rings. The number of carbonyl (C=O) groups is 3. The Balaban J connectivity index is 2.07. The van der Waals surface area contributed by atoms with Gasteiger partial charge in [0.2, 0.25) is 11.8 Å². The number of nitrogens with zero attached hydrogens (tertiary/aromatic N) is 1. The molecule has 2 aromatic carbocycles. The van der Waals surface area contributed by atoms with Gasteiger partial charge in [-0.25, -0.2) is 9.18 Å². The fourth-order valence-corrected chi connectivity index (χ4v) is 2.42. The number of anilines is 2. The Morgan fingerprint density at radius 1 is 1.08 bits per heavy atom. The Bertz CT molecular complexity index is 823. The van der Waals surface area contributed by atoms with Gasteiger partial charge in [-0.3, -0.25) is 9.59 Å². The predicted molar refractivity (Wildman–Crippen MR) is 95.5 cm³/mol. The third-order valence-corrected chi connectivity index (χ3v) is 3.69. The molecule has 0 bridgehead atoms. The van der Waals surface area contributed by atoms with Crippen LogP contribution in [0.4, 0.5) is 15.8 Å². The minimum atomic E-state index is -0.572. The highest BCUT2D eigenvalue weighted by molar-refractivity contribution is 6.01. The van der Waals surface area contributed by atoms with Crippen LogP contribution >= 0.6 is 0 Å². The van der Waals surface area contributed by atoms with Crippen molar-refractivity contribution in [2.24, 2.45) is 0 Å². The molecule has 0 unspecified atom stereocenters. The molecule has 0 radical (unpaired) electrons. The first kappa shape index (κ1) is 19.1. The molecule has 0 aliphatic carbocycles. The average molecular weight is 358 g/mol. The summed E-state index contributed by atoms with van der Waals surface area (Å²) in [6.07, 6.45) is -0.0661. The van der Waals surface area contributed by atoms with Crippen molar-refractivity contribution in [3.63, 3.8) is 0 Å². The molecule has 0 aliphatic rings. The Morgan fingerprint density at radius 3 is 2.38 bits per heavy atom. The van der Waals surface area contributed by atoms with E-state index < -0.39 is 17.7 Å². The molecular formula is C19H19FN2O4. The van der Waals surface area contributed by atoms with Crippen LogP contribution in [0.2, 0.25) is 0 Å². The number of hydrogen-bond acceptors (Lipinski definition) is 4. The SMILES string of the molecule is COC(=O)c1ccccc1NC(=O)CCN(C(C)=O)c1ccccc1F. The minimum Gasteiger partial charge on any atom is -0.465 e. The second kappa shape index (κ2) is 8.75. The van der Waals surface area contributed by atoms with E-state index in [0.717, 1.165) is 0 Å². The van der Waals surface area contributed by atoms with Crippen molar-refractivity contribution in [3.8, 4) is 0 Å². The van der Waals surface area contributed by atoms with E-state index in [2.05, 4.69) is 10.1 Å². The molecule has 0 aliphatic heterocycles. The van der Waals surface area contributed by atoms with Crippen LogP contribution in [0.5, 0.6) is 0 Å². The third kappa shape index (κ3) is 4.66. The molecule has 0 atom stereocenters. The lowest BCUT2D eigenvalue weighted by atomic mass is 10.1. The van der Waals surface area contributed by atoms with Crippen LogP contribution in [0, 0.1) is 5.82 Å². The van der Waals surface area contributed by atoms with Gasteiger partial charge in [0, 0.05) is 19.9 Å². The van der Waals surface area contributed by atoms with Gasteiger partial charge in [-0.15, -0.1) is 0 Å².